The van der Waals surface area contributed by atoms with Gasteiger partial charge in [-0.1, -0.05) is 0 Å². The van der Waals surface area contributed by atoms with E-state index in [4.69, 9.17) is 11.5 Å². The van der Waals surface area contributed by atoms with Crippen molar-refractivity contribution in [2.45, 2.75) is 38.5 Å². The smallest absolute Gasteiger partial charge is 0.00767 e. The second-order valence-corrected chi connectivity index (χ2v) is 5.70. The summed E-state index contributed by atoms with van der Waals surface area (Å²) in [5, 5.41) is 13.8. The molecular formula is C16H40N6. The molecule has 0 aliphatic rings. The van der Waals surface area contributed by atoms with Crippen LogP contribution in [0.3, 0.4) is 0 Å². The van der Waals surface area contributed by atoms with Gasteiger partial charge >= 0.3 is 0 Å². The second kappa shape index (κ2) is 20.8. The summed E-state index contributed by atoms with van der Waals surface area (Å²) in [6.07, 6.45) is 7.07. The molecule has 0 bridgehead atoms. The predicted octanol–water partition coefficient (Wildman–Crippen LogP) is -0.397. The van der Waals surface area contributed by atoms with Crippen molar-refractivity contribution < 1.29 is 0 Å². The van der Waals surface area contributed by atoms with Gasteiger partial charge in [0.15, 0.2) is 0 Å². The highest BCUT2D eigenvalue weighted by Gasteiger charge is 1.92. The number of rotatable bonds is 19. The average Bonchev–Trinajstić information content (AvgIpc) is 2.54. The molecular weight excluding hydrogens is 276 g/mol. The van der Waals surface area contributed by atoms with Crippen molar-refractivity contribution in [3.05, 3.63) is 0 Å². The zero-order valence-electron chi connectivity index (χ0n) is 14.5. The van der Waals surface area contributed by atoms with Crippen LogP contribution in [0.15, 0.2) is 0 Å². The Bertz CT molecular complexity index is 171. The normalized spacial score (nSPS) is 11.2. The molecule has 0 saturated heterocycles. The lowest BCUT2D eigenvalue weighted by Gasteiger charge is -2.07. The van der Waals surface area contributed by atoms with Crippen molar-refractivity contribution in [3.63, 3.8) is 0 Å². The van der Waals surface area contributed by atoms with Crippen LogP contribution in [0, 0.1) is 0 Å². The van der Waals surface area contributed by atoms with Crippen LogP contribution in [-0.2, 0) is 0 Å². The predicted molar refractivity (Wildman–Crippen MR) is 97.3 cm³/mol. The van der Waals surface area contributed by atoms with Crippen molar-refractivity contribution >= 4 is 0 Å². The van der Waals surface area contributed by atoms with E-state index in [0.29, 0.717) is 0 Å². The van der Waals surface area contributed by atoms with Crippen LogP contribution in [-0.4, -0.2) is 65.4 Å². The summed E-state index contributed by atoms with van der Waals surface area (Å²) in [6.45, 7) is 10.3. The van der Waals surface area contributed by atoms with E-state index in [1.807, 2.05) is 0 Å². The first-order chi connectivity index (χ1) is 10.9. The van der Waals surface area contributed by atoms with Crippen LogP contribution in [0.4, 0.5) is 0 Å². The molecule has 0 atom stereocenters. The Balaban J connectivity index is 2.91. The number of hydrogen-bond acceptors (Lipinski definition) is 6. The molecule has 0 aromatic heterocycles. The fourth-order valence-corrected chi connectivity index (χ4v) is 2.14. The maximum Gasteiger partial charge on any atom is 0.00767 e. The Kier molecular flexibility index (Phi) is 20.5. The Labute approximate surface area is 137 Å². The summed E-state index contributed by atoms with van der Waals surface area (Å²) < 4.78 is 0. The first-order valence-electron chi connectivity index (χ1n) is 9.14. The van der Waals surface area contributed by atoms with Crippen LogP contribution in [0.1, 0.15) is 38.5 Å². The molecule has 0 radical (unpaired) electrons. The van der Waals surface area contributed by atoms with E-state index in [2.05, 4.69) is 21.3 Å². The molecule has 6 nitrogen and oxygen atoms in total. The van der Waals surface area contributed by atoms with Crippen molar-refractivity contribution in [3.8, 4) is 0 Å². The SMILES string of the molecule is NCCCCNCCNCCCCNCCCNCCCN. The Morgan fingerprint density at radius 3 is 1.23 bits per heavy atom. The summed E-state index contributed by atoms with van der Waals surface area (Å²) in [5.41, 5.74) is 10.9. The minimum Gasteiger partial charge on any atom is -0.330 e. The third-order valence-corrected chi connectivity index (χ3v) is 3.51. The van der Waals surface area contributed by atoms with E-state index < -0.39 is 0 Å². The Hall–Kier alpha value is -0.240. The van der Waals surface area contributed by atoms with Gasteiger partial charge in [-0.05, 0) is 90.9 Å². The van der Waals surface area contributed by atoms with Gasteiger partial charge < -0.3 is 32.7 Å². The molecule has 0 spiro atoms. The number of nitrogens with two attached hydrogens (primary N) is 2. The average molecular weight is 317 g/mol. The maximum atomic E-state index is 5.45. The van der Waals surface area contributed by atoms with Crippen molar-refractivity contribution in [2.75, 3.05) is 65.4 Å². The van der Waals surface area contributed by atoms with Gasteiger partial charge in [0.1, 0.15) is 0 Å². The van der Waals surface area contributed by atoms with Gasteiger partial charge in [-0.3, -0.25) is 0 Å². The van der Waals surface area contributed by atoms with Crippen molar-refractivity contribution in [1.82, 2.24) is 21.3 Å². The fourth-order valence-electron chi connectivity index (χ4n) is 2.14. The molecule has 22 heavy (non-hydrogen) atoms. The van der Waals surface area contributed by atoms with Crippen molar-refractivity contribution in [2.24, 2.45) is 11.5 Å². The molecule has 0 rings (SSSR count). The van der Waals surface area contributed by atoms with Gasteiger partial charge in [-0.15, -0.1) is 0 Å². The number of hydrogen-bond donors (Lipinski definition) is 6. The maximum absolute atomic E-state index is 5.45. The van der Waals surface area contributed by atoms with E-state index in [9.17, 15) is 0 Å². The number of unbranched alkanes of at least 4 members (excludes halogenated alkanes) is 2. The molecule has 0 aliphatic carbocycles. The first kappa shape index (κ1) is 21.8. The quantitative estimate of drug-likeness (QED) is 0.181. The largest absolute Gasteiger partial charge is 0.330 e. The highest BCUT2D eigenvalue weighted by molar-refractivity contribution is 4.56. The highest BCUT2D eigenvalue weighted by atomic mass is 14.9. The van der Waals surface area contributed by atoms with Crippen molar-refractivity contribution in [1.29, 1.82) is 0 Å². The Morgan fingerprint density at radius 2 is 0.727 bits per heavy atom. The third-order valence-electron chi connectivity index (χ3n) is 3.51. The standard InChI is InChI=1S/C16H40N6/c17-7-1-2-9-21-15-16-22-11-4-3-10-19-13-6-14-20-12-5-8-18/h19-22H,1-18H2. The second-order valence-electron chi connectivity index (χ2n) is 5.70. The zero-order chi connectivity index (χ0) is 16.1. The molecule has 0 amide bonds. The molecule has 0 heterocycles. The monoisotopic (exact) mass is 316 g/mol. The zero-order valence-corrected chi connectivity index (χ0v) is 14.5. The van der Waals surface area contributed by atoms with Crippen LogP contribution < -0.4 is 32.7 Å². The first-order valence-corrected chi connectivity index (χ1v) is 9.14. The van der Waals surface area contributed by atoms with E-state index in [-0.39, 0.29) is 0 Å². The molecule has 0 aliphatic heterocycles. The van der Waals surface area contributed by atoms with Gasteiger partial charge in [0, 0.05) is 13.1 Å². The summed E-state index contributed by atoms with van der Waals surface area (Å²) >= 11 is 0. The van der Waals surface area contributed by atoms with Gasteiger partial charge in [0.2, 0.25) is 0 Å². The molecule has 0 aromatic carbocycles. The van der Waals surface area contributed by atoms with Gasteiger partial charge in [0.05, 0.1) is 0 Å². The van der Waals surface area contributed by atoms with Crippen LogP contribution >= 0.6 is 0 Å². The highest BCUT2D eigenvalue weighted by Crippen LogP contribution is 1.85. The minimum atomic E-state index is 0.781. The lowest BCUT2D eigenvalue weighted by Crippen LogP contribution is -2.29. The molecule has 0 unspecified atom stereocenters. The lowest BCUT2D eigenvalue weighted by atomic mass is 10.3. The third kappa shape index (κ3) is 19.8. The molecule has 8 N–H and O–H groups in total. The lowest BCUT2D eigenvalue weighted by molar-refractivity contribution is 0.545. The molecule has 6 heteroatoms. The summed E-state index contributed by atoms with van der Waals surface area (Å²) in [7, 11) is 0. The van der Waals surface area contributed by atoms with E-state index in [1.165, 1.54) is 25.7 Å². The molecule has 0 aromatic rings. The van der Waals surface area contributed by atoms with Gasteiger partial charge in [-0.2, -0.15) is 0 Å². The molecule has 0 saturated carbocycles. The van der Waals surface area contributed by atoms with E-state index in [1.54, 1.807) is 0 Å². The summed E-state index contributed by atoms with van der Waals surface area (Å²) in [4.78, 5) is 0. The molecule has 0 fully saturated rings. The van der Waals surface area contributed by atoms with Crippen LogP contribution in [0.2, 0.25) is 0 Å². The van der Waals surface area contributed by atoms with Gasteiger partial charge in [0.25, 0.3) is 0 Å². The van der Waals surface area contributed by atoms with E-state index in [0.717, 1.165) is 78.3 Å². The summed E-state index contributed by atoms with van der Waals surface area (Å²) in [5.74, 6) is 0. The molecule has 134 valence electrons. The van der Waals surface area contributed by atoms with Crippen LogP contribution in [0.5, 0.6) is 0 Å². The fraction of sp³-hybridized carbons (Fsp3) is 1.00. The Morgan fingerprint density at radius 1 is 0.364 bits per heavy atom. The van der Waals surface area contributed by atoms with Gasteiger partial charge in [-0.25, -0.2) is 0 Å². The summed E-state index contributed by atoms with van der Waals surface area (Å²) in [6, 6.07) is 0. The topological polar surface area (TPSA) is 100 Å². The number of nitrogens with one attached hydrogen (secondary N) is 4. The van der Waals surface area contributed by atoms with E-state index >= 15 is 0 Å². The van der Waals surface area contributed by atoms with Crippen LogP contribution in [0.25, 0.3) is 0 Å². The minimum absolute atomic E-state index is 0.781.